The fourth-order valence-corrected chi connectivity index (χ4v) is 3.70. The second-order valence-corrected chi connectivity index (χ2v) is 7.02. The fourth-order valence-electron chi connectivity index (χ4n) is 2.24. The molecule has 0 atom stereocenters. The number of benzene rings is 1. The van der Waals surface area contributed by atoms with E-state index in [4.69, 9.17) is 5.21 Å². The average Bonchev–Trinajstić information content (AvgIpc) is 2.98. The van der Waals surface area contributed by atoms with Crippen molar-refractivity contribution < 1.29 is 13.6 Å². The van der Waals surface area contributed by atoms with Crippen molar-refractivity contribution in [2.75, 3.05) is 12.0 Å². The topological polar surface area (TPSA) is 66.4 Å². The highest BCUT2D eigenvalue weighted by Crippen LogP contribution is 2.49. The van der Waals surface area contributed by atoms with Crippen molar-refractivity contribution in [2.45, 2.75) is 24.8 Å². The largest absolute Gasteiger partial charge is 0.316 e. The van der Waals surface area contributed by atoms with Crippen LogP contribution in [0.5, 0.6) is 0 Å². The highest BCUT2D eigenvalue weighted by molar-refractivity contribution is 7.90. The second kappa shape index (κ2) is 4.40. The molecule has 0 aliphatic heterocycles. The zero-order valence-corrected chi connectivity index (χ0v) is 10.6. The zero-order chi connectivity index (χ0) is 12.5. The molecule has 0 saturated heterocycles. The molecule has 0 radical (unpaired) electrons. The summed E-state index contributed by atoms with van der Waals surface area (Å²) in [4.78, 5) is 0. The van der Waals surface area contributed by atoms with Gasteiger partial charge in [-0.3, -0.25) is 0 Å². The van der Waals surface area contributed by atoms with Crippen LogP contribution in [-0.4, -0.2) is 25.6 Å². The lowest BCUT2D eigenvalue weighted by Gasteiger charge is -2.14. The predicted octanol–water partition coefficient (Wildman–Crippen LogP) is 1.24. The van der Waals surface area contributed by atoms with E-state index in [0.717, 1.165) is 24.0 Å². The van der Waals surface area contributed by atoms with Crippen molar-refractivity contribution in [1.82, 2.24) is 5.48 Å². The molecule has 94 valence electrons. The highest BCUT2D eigenvalue weighted by Gasteiger charge is 2.46. The first-order chi connectivity index (χ1) is 7.95. The van der Waals surface area contributed by atoms with Crippen molar-refractivity contribution in [2.24, 2.45) is 0 Å². The van der Waals surface area contributed by atoms with Gasteiger partial charge in [-0.15, -0.1) is 0 Å². The van der Waals surface area contributed by atoms with Crippen LogP contribution in [0.1, 0.15) is 24.0 Å². The Bertz CT molecular complexity index is 489. The van der Waals surface area contributed by atoms with Crippen molar-refractivity contribution in [3.63, 3.8) is 0 Å². The van der Waals surface area contributed by atoms with Gasteiger partial charge in [-0.25, -0.2) is 13.9 Å². The smallest absolute Gasteiger partial charge is 0.148 e. The molecule has 4 nitrogen and oxygen atoms in total. The van der Waals surface area contributed by atoms with Crippen LogP contribution in [0.2, 0.25) is 0 Å². The second-order valence-electron chi connectivity index (χ2n) is 4.88. The van der Waals surface area contributed by atoms with E-state index in [9.17, 15) is 8.42 Å². The Labute approximate surface area is 102 Å². The van der Waals surface area contributed by atoms with Gasteiger partial charge < -0.3 is 5.21 Å². The molecule has 1 saturated carbocycles. The standard InChI is InChI=1S/C12H17NO3S/c1-17(15,16)9-12(6-7-12)11-4-2-10(3-5-11)8-13-14/h2-5,13-14H,6-9H2,1H3. The lowest BCUT2D eigenvalue weighted by molar-refractivity contribution is 0.161. The van der Waals surface area contributed by atoms with Gasteiger partial charge in [0.15, 0.2) is 0 Å². The van der Waals surface area contributed by atoms with Crippen molar-refractivity contribution >= 4 is 9.84 Å². The van der Waals surface area contributed by atoms with Crippen molar-refractivity contribution in [3.8, 4) is 0 Å². The SMILES string of the molecule is CS(=O)(=O)CC1(c2ccc(CNO)cc2)CC1. The maximum absolute atomic E-state index is 11.4. The number of hydrogen-bond donors (Lipinski definition) is 2. The lowest BCUT2D eigenvalue weighted by Crippen LogP contribution is -2.20. The highest BCUT2D eigenvalue weighted by atomic mass is 32.2. The van der Waals surface area contributed by atoms with E-state index in [1.54, 1.807) is 0 Å². The molecule has 0 amide bonds. The lowest BCUT2D eigenvalue weighted by atomic mass is 9.97. The molecular weight excluding hydrogens is 238 g/mol. The van der Waals surface area contributed by atoms with Gasteiger partial charge in [0, 0.05) is 18.2 Å². The van der Waals surface area contributed by atoms with Gasteiger partial charge in [0.05, 0.1) is 5.75 Å². The third kappa shape index (κ3) is 3.06. The Hall–Kier alpha value is -0.910. The van der Waals surface area contributed by atoms with Crippen LogP contribution in [0.3, 0.4) is 0 Å². The van der Waals surface area contributed by atoms with E-state index in [1.165, 1.54) is 6.26 Å². The normalized spacial score (nSPS) is 18.0. The molecule has 1 aromatic rings. The van der Waals surface area contributed by atoms with E-state index < -0.39 is 9.84 Å². The van der Waals surface area contributed by atoms with Gasteiger partial charge in [-0.1, -0.05) is 24.3 Å². The summed E-state index contributed by atoms with van der Waals surface area (Å²) in [5, 5.41) is 8.58. The van der Waals surface area contributed by atoms with Crippen LogP contribution >= 0.6 is 0 Å². The van der Waals surface area contributed by atoms with E-state index in [2.05, 4.69) is 5.48 Å². The third-order valence-electron chi connectivity index (χ3n) is 3.24. The minimum Gasteiger partial charge on any atom is -0.316 e. The third-order valence-corrected chi connectivity index (χ3v) is 4.32. The fraction of sp³-hybridized carbons (Fsp3) is 0.500. The summed E-state index contributed by atoms with van der Waals surface area (Å²) in [5.74, 6) is 0.234. The summed E-state index contributed by atoms with van der Waals surface area (Å²) in [6, 6.07) is 7.76. The van der Waals surface area contributed by atoms with Gasteiger partial charge in [0.25, 0.3) is 0 Å². The molecule has 0 unspecified atom stereocenters. The number of hydroxylamine groups is 1. The van der Waals surface area contributed by atoms with Gasteiger partial charge in [0.2, 0.25) is 0 Å². The monoisotopic (exact) mass is 255 g/mol. The Balaban J connectivity index is 2.17. The predicted molar refractivity (Wildman–Crippen MR) is 65.7 cm³/mol. The summed E-state index contributed by atoms with van der Waals surface area (Å²) >= 11 is 0. The number of hydrogen-bond acceptors (Lipinski definition) is 4. The summed E-state index contributed by atoms with van der Waals surface area (Å²) < 4.78 is 22.8. The quantitative estimate of drug-likeness (QED) is 0.777. The van der Waals surface area contributed by atoms with Gasteiger partial charge in [0.1, 0.15) is 9.84 Å². The molecule has 1 aliphatic carbocycles. The van der Waals surface area contributed by atoms with Crippen LogP contribution in [-0.2, 0) is 21.8 Å². The van der Waals surface area contributed by atoms with E-state index in [-0.39, 0.29) is 11.2 Å². The molecule has 1 fully saturated rings. The van der Waals surface area contributed by atoms with E-state index in [1.807, 2.05) is 24.3 Å². The molecule has 17 heavy (non-hydrogen) atoms. The molecule has 0 spiro atoms. The minimum absolute atomic E-state index is 0.154. The Kier molecular flexibility index (Phi) is 3.25. The molecule has 2 N–H and O–H groups in total. The van der Waals surface area contributed by atoms with E-state index in [0.29, 0.717) is 6.54 Å². The molecule has 5 heteroatoms. The van der Waals surface area contributed by atoms with Crippen LogP contribution in [0.15, 0.2) is 24.3 Å². The summed E-state index contributed by atoms with van der Waals surface area (Å²) in [6.45, 7) is 0.402. The molecule has 0 heterocycles. The first kappa shape index (κ1) is 12.5. The first-order valence-electron chi connectivity index (χ1n) is 5.59. The molecular formula is C12H17NO3S. The van der Waals surface area contributed by atoms with Crippen LogP contribution in [0, 0.1) is 0 Å². The number of sulfone groups is 1. The molecule has 1 aliphatic rings. The first-order valence-corrected chi connectivity index (χ1v) is 7.65. The Morgan fingerprint density at radius 2 is 1.88 bits per heavy atom. The zero-order valence-electron chi connectivity index (χ0n) is 9.81. The maximum atomic E-state index is 11.4. The minimum atomic E-state index is -2.94. The molecule has 1 aromatic carbocycles. The van der Waals surface area contributed by atoms with E-state index >= 15 is 0 Å². The maximum Gasteiger partial charge on any atom is 0.148 e. The van der Waals surface area contributed by atoms with Crippen LogP contribution in [0.4, 0.5) is 0 Å². The van der Waals surface area contributed by atoms with Gasteiger partial charge >= 0.3 is 0 Å². The molecule has 0 bridgehead atoms. The summed E-state index contributed by atoms with van der Waals surface area (Å²) in [5.41, 5.74) is 4.01. The van der Waals surface area contributed by atoms with Gasteiger partial charge in [-0.05, 0) is 24.0 Å². The van der Waals surface area contributed by atoms with Crippen LogP contribution in [0.25, 0.3) is 0 Å². The van der Waals surface area contributed by atoms with Crippen molar-refractivity contribution in [3.05, 3.63) is 35.4 Å². The number of rotatable bonds is 5. The van der Waals surface area contributed by atoms with Gasteiger partial charge in [-0.2, -0.15) is 0 Å². The summed E-state index contributed by atoms with van der Waals surface area (Å²) in [6.07, 6.45) is 3.17. The summed E-state index contributed by atoms with van der Waals surface area (Å²) in [7, 11) is -2.94. The average molecular weight is 255 g/mol. The van der Waals surface area contributed by atoms with Crippen molar-refractivity contribution in [1.29, 1.82) is 0 Å². The molecule has 0 aromatic heterocycles. The number of nitrogens with one attached hydrogen (secondary N) is 1. The van der Waals surface area contributed by atoms with Crippen LogP contribution < -0.4 is 5.48 Å². The Morgan fingerprint density at radius 3 is 2.29 bits per heavy atom. The Morgan fingerprint density at radius 1 is 1.29 bits per heavy atom. The molecule has 2 rings (SSSR count).